The molecular weight excluding hydrogens is 528 g/mol. The third-order valence-corrected chi connectivity index (χ3v) is 8.75. The predicted molar refractivity (Wildman–Crippen MR) is 150 cm³/mol. The monoisotopic (exact) mass is 568 g/mol. The molecule has 5 rings (SSSR count). The van der Waals surface area contributed by atoms with Crippen LogP contribution in [0.15, 0.2) is 54.6 Å². The number of aliphatic carboxylic acids is 2. The van der Waals surface area contributed by atoms with Crippen molar-refractivity contribution in [3.05, 3.63) is 71.3 Å². The highest BCUT2D eigenvalue weighted by Gasteiger charge is 2.56. The van der Waals surface area contributed by atoms with Gasteiger partial charge in [-0.3, -0.25) is 9.69 Å². The number of carbonyl (C=O) groups excluding carboxylic acids is 1. The van der Waals surface area contributed by atoms with Crippen molar-refractivity contribution in [1.29, 1.82) is 0 Å². The van der Waals surface area contributed by atoms with E-state index in [0.29, 0.717) is 24.3 Å². The molecule has 1 amide bonds. The Hall–Kier alpha value is -3.31. The number of nitrogens with zero attached hydrogens (tertiary/aromatic N) is 1. The van der Waals surface area contributed by atoms with Gasteiger partial charge in [0.25, 0.3) is 5.91 Å². The van der Waals surface area contributed by atoms with Crippen molar-refractivity contribution in [2.45, 2.75) is 57.0 Å². The van der Waals surface area contributed by atoms with E-state index in [1.54, 1.807) is 0 Å². The van der Waals surface area contributed by atoms with E-state index in [-0.39, 0.29) is 11.8 Å². The highest BCUT2D eigenvalue weighted by Crippen LogP contribution is 2.51. The number of piperidine rings is 1. The predicted octanol–water partition coefficient (Wildman–Crippen LogP) is 1.74. The first kappa shape index (κ1) is 30.6. The average Bonchev–Trinajstić information content (AvgIpc) is 3.32. The lowest BCUT2D eigenvalue weighted by atomic mass is 9.79. The van der Waals surface area contributed by atoms with Gasteiger partial charge in [0.2, 0.25) is 0 Å². The molecule has 2 aliphatic carbocycles. The molecule has 222 valence electrons. The molecule has 10 heteroatoms. The van der Waals surface area contributed by atoms with E-state index < -0.39 is 29.7 Å². The summed E-state index contributed by atoms with van der Waals surface area (Å²) in [5.41, 5.74) is 1.79. The Kier molecular flexibility index (Phi) is 9.80. The van der Waals surface area contributed by atoms with Gasteiger partial charge in [0, 0.05) is 32.1 Å². The summed E-state index contributed by atoms with van der Waals surface area (Å²) in [5.74, 6) is -1.80. The number of aliphatic hydroxyl groups excluding tert-OH is 2. The Bertz CT molecular complexity index is 1190. The number of amides is 1. The Morgan fingerprint density at radius 2 is 1.51 bits per heavy atom. The molecule has 0 spiro atoms. The van der Waals surface area contributed by atoms with Crippen molar-refractivity contribution in [3.8, 4) is 0 Å². The fourth-order valence-electron chi connectivity index (χ4n) is 6.40. The molecule has 0 radical (unpaired) electrons. The maximum atomic E-state index is 13.3. The van der Waals surface area contributed by atoms with Gasteiger partial charge in [0.05, 0.1) is 0 Å². The number of carboxylic acid groups (broad SMARTS) is 2. The van der Waals surface area contributed by atoms with Gasteiger partial charge >= 0.3 is 11.9 Å². The van der Waals surface area contributed by atoms with Gasteiger partial charge in [0.1, 0.15) is 0 Å². The summed E-state index contributed by atoms with van der Waals surface area (Å²) < 4.78 is 0. The van der Waals surface area contributed by atoms with Crippen molar-refractivity contribution >= 4 is 17.8 Å². The summed E-state index contributed by atoms with van der Waals surface area (Å²) in [5, 5.41) is 47.4. The second kappa shape index (κ2) is 13.1. The van der Waals surface area contributed by atoms with Crippen molar-refractivity contribution in [1.82, 2.24) is 10.2 Å². The lowest BCUT2D eigenvalue weighted by molar-refractivity contribution is -0.165. The minimum absolute atomic E-state index is 0.00867. The number of aliphatic hydroxyl groups is 3. The Morgan fingerprint density at radius 1 is 0.927 bits per heavy atom. The van der Waals surface area contributed by atoms with Crippen molar-refractivity contribution in [2.24, 2.45) is 23.7 Å². The largest absolute Gasteiger partial charge is 0.479 e. The van der Waals surface area contributed by atoms with Crippen LogP contribution in [0.5, 0.6) is 0 Å². The highest BCUT2D eigenvalue weighted by molar-refractivity contribution is 5.87. The van der Waals surface area contributed by atoms with Crippen molar-refractivity contribution < 1.29 is 39.9 Å². The van der Waals surface area contributed by atoms with Gasteiger partial charge in [-0.1, -0.05) is 73.0 Å². The molecule has 6 atom stereocenters. The number of benzene rings is 2. The topological polar surface area (TPSA) is 168 Å². The van der Waals surface area contributed by atoms with Crippen LogP contribution in [0.2, 0.25) is 0 Å². The van der Waals surface area contributed by atoms with Crippen molar-refractivity contribution in [2.75, 3.05) is 19.6 Å². The minimum Gasteiger partial charge on any atom is -0.479 e. The van der Waals surface area contributed by atoms with Crippen LogP contribution in [0.25, 0.3) is 0 Å². The Morgan fingerprint density at radius 3 is 2.05 bits per heavy atom. The zero-order valence-corrected chi connectivity index (χ0v) is 23.2. The smallest absolute Gasteiger partial charge is 0.335 e. The number of carboxylic acids is 2. The maximum absolute atomic E-state index is 13.3. The molecular formula is C31H40N2O8. The summed E-state index contributed by atoms with van der Waals surface area (Å²) in [6.07, 6.45) is -0.510. The highest BCUT2D eigenvalue weighted by atomic mass is 16.4. The normalized spacial score (nSPS) is 24.7. The SMILES string of the molecule is Cc1cccc([C@](O)(C(=O)NCC2C3CN(Cc4ccccc4)C[C@H]23)C2CCCC2)c1.O=C(O)C(O)C(O)C(=O)O. The van der Waals surface area contributed by atoms with Crippen LogP contribution in [-0.2, 0) is 26.5 Å². The summed E-state index contributed by atoms with van der Waals surface area (Å²) >= 11 is 0. The van der Waals surface area contributed by atoms with Gasteiger partial charge in [-0.05, 0) is 48.6 Å². The molecule has 3 fully saturated rings. The van der Waals surface area contributed by atoms with Crippen molar-refractivity contribution in [3.63, 3.8) is 0 Å². The first-order valence-corrected chi connectivity index (χ1v) is 14.2. The quantitative estimate of drug-likeness (QED) is 0.250. The maximum Gasteiger partial charge on any atom is 0.335 e. The molecule has 3 aliphatic rings. The number of hydrogen-bond acceptors (Lipinski definition) is 7. The zero-order chi connectivity index (χ0) is 29.7. The number of aryl methyl sites for hydroxylation is 1. The molecule has 2 saturated carbocycles. The standard InChI is InChI=1S/C27H34N2O2.C4H6O6/c1-19-8-7-13-22(14-19)27(31,21-11-5-6-12-21)26(30)28-15-23-24-17-29(18-25(23)24)16-20-9-3-2-4-10-20;5-1(3(7)8)2(6)4(9)10/h2-4,7-10,13-14,21,23-25,31H,5-6,11-12,15-18H2,1H3,(H,28,30);1-2,5-6H,(H,7,8)(H,9,10)/t23?,24-,25?,27+;/m1./s1. The number of hydrogen-bond donors (Lipinski definition) is 6. The van der Waals surface area contributed by atoms with Gasteiger partial charge in [-0.25, -0.2) is 9.59 Å². The molecule has 1 aliphatic heterocycles. The van der Waals surface area contributed by atoms with Gasteiger partial charge in [-0.15, -0.1) is 0 Å². The van der Waals surface area contributed by atoms with Crippen LogP contribution in [-0.4, -0.2) is 80.1 Å². The van der Waals surface area contributed by atoms with E-state index in [2.05, 4.69) is 40.5 Å². The van der Waals surface area contributed by atoms with E-state index in [0.717, 1.165) is 56.4 Å². The number of rotatable bonds is 10. The molecule has 1 heterocycles. The van der Waals surface area contributed by atoms with E-state index in [4.69, 9.17) is 20.4 Å². The zero-order valence-electron chi connectivity index (χ0n) is 23.2. The van der Waals surface area contributed by atoms with Crippen LogP contribution in [0.3, 0.4) is 0 Å². The number of likely N-dealkylation sites (tertiary alicyclic amines) is 1. The van der Waals surface area contributed by atoms with Crippen LogP contribution in [0.4, 0.5) is 0 Å². The second-order valence-electron chi connectivity index (χ2n) is 11.6. The first-order chi connectivity index (χ1) is 19.5. The molecule has 41 heavy (non-hydrogen) atoms. The van der Waals surface area contributed by atoms with Crippen LogP contribution >= 0.6 is 0 Å². The van der Waals surface area contributed by atoms with E-state index in [1.165, 1.54) is 5.56 Å². The third-order valence-electron chi connectivity index (χ3n) is 8.75. The van der Waals surface area contributed by atoms with Gasteiger partial charge in [0.15, 0.2) is 17.8 Å². The molecule has 2 aromatic carbocycles. The fourth-order valence-corrected chi connectivity index (χ4v) is 6.40. The summed E-state index contributed by atoms with van der Waals surface area (Å²) in [4.78, 5) is 35.4. The van der Waals surface area contributed by atoms with Crippen LogP contribution < -0.4 is 5.32 Å². The number of fused-ring (bicyclic) bond motifs is 1. The summed E-state index contributed by atoms with van der Waals surface area (Å²) in [7, 11) is 0. The molecule has 4 unspecified atom stereocenters. The van der Waals surface area contributed by atoms with Crippen LogP contribution in [0, 0.1) is 30.6 Å². The second-order valence-corrected chi connectivity index (χ2v) is 11.6. The minimum atomic E-state index is -2.27. The van der Waals surface area contributed by atoms with Gasteiger partial charge in [-0.2, -0.15) is 0 Å². The molecule has 10 nitrogen and oxygen atoms in total. The Labute approximate surface area is 239 Å². The van der Waals surface area contributed by atoms with Gasteiger partial charge < -0.3 is 30.8 Å². The molecule has 0 aromatic heterocycles. The lowest BCUT2D eigenvalue weighted by Crippen LogP contribution is -2.49. The average molecular weight is 569 g/mol. The van der Waals surface area contributed by atoms with Crippen LogP contribution in [0.1, 0.15) is 42.4 Å². The molecule has 0 bridgehead atoms. The number of nitrogens with one attached hydrogen (secondary N) is 1. The van der Waals surface area contributed by atoms with E-state index >= 15 is 0 Å². The summed E-state index contributed by atoms with van der Waals surface area (Å²) in [6.45, 7) is 5.95. The summed E-state index contributed by atoms with van der Waals surface area (Å²) in [6, 6.07) is 18.5. The molecule has 2 aromatic rings. The third kappa shape index (κ3) is 7.13. The molecule has 1 saturated heterocycles. The van der Waals surface area contributed by atoms with E-state index in [9.17, 15) is 19.5 Å². The lowest BCUT2D eigenvalue weighted by Gasteiger charge is -2.33. The molecule has 6 N–H and O–H groups in total. The van der Waals surface area contributed by atoms with E-state index in [1.807, 2.05) is 31.2 Å². The fraction of sp³-hybridized carbons (Fsp3) is 0.516. The Balaban J connectivity index is 0.000000334. The number of carbonyl (C=O) groups is 3. The first-order valence-electron chi connectivity index (χ1n) is 14.2.